The number of phenols is 1. The van der Waals surface area contributed by atoms with Gasteiger partial charge in [0, 0.05) is 10.2 Å². The molecule has 0 radical (unpaired) electrons. The highest BCUT2D eigenvalue weighted by Crippen LogP contribution is 2.42. The summed E-state index contributed by atoms with van der Waals surface area (Å²) < 4.78 is 20.3. The zero-order chi connectivity index (χ0) is 21.0. The number of benzene rings is 3. The van der Waals surface area contributed by atoms with E-state index >= 15 is 0 Å². The van der Waals surface area contributed by atoms with E-state index in [1.54, 1.807) is 30.3 Å². The van der Waals surface area contributed by atoms with Crippen molar-refractivity contribution in [1.29, 1.82) is 0 Å². The van der Waals surface area contributed by atoms with Crippen LogP contribution in [-0.2, 0) is 0 Å². The predicted octanol–water partition coefficient (Wildman–Crippen LogP) is 5.15. The van der Waals surface area contributed by atoms with Crippen LogP contribution in [0.3, 0.4) is 0 Å². The molecule has 1 unspecified atom stereocenters. The largest absolute Gasteiger partial charge is 0.508 e. The molecule has 1 amide bonds. The Morgan fingerprint density at radius 1 is 1.00 bits per heavy atom. The third-order valence-electron chi connectivity index (χ3n) is 5.10. The van der Waals surface area contributed by atoms with Gasteiger partial charge < -0.3 is 9.52 Å². The average molecular weight is 466 g/mol. The number of nitrogens with zero attached hydrogens (tertiary/aromatic N) is 1. The molecule has 0 spiro atoms. The van der Waals surface area contributed by atoms with Crippen LogP contribution in [0.5, 0.6) is 5.75 Å². The second kappa shape index (κ2) is 6.81. The average Bonchev–Trinajstić information content (AvgIpc) is 3.01. The lowest BCUT2D eigenvalue weighted by atomic mass is 9.98. The van der Waals surface area contributed by atoms with Gasteiger partial charge in [0.15, 0.2) is 5.43 Å². The fourth-order valence-electron chi connectivity index (χ4n) is 3.85. The molecule has 0 aliphatic carbocycles. The maximum absolute atomic E-state index is 13.8. The van der Waals surface area contributed by atoms with Crippen LogP contribution in [0.25, 0.3) is 11.0 Å². The quantitative estimate of drug-likeness (QED) is 0.444. The highest BCUT2D eigenvalue weighted by Gasteiger charge is 2.43. The first kappa shape index (κ1) is 18.6. The number of carbonyl (C=O) groups excluding carboxylic acids is 1. The van der Waals surface area contributed by atoms with Crippen LogP contribution in [-0.4, -0.2) is 11.0 Å². The molecule has 1 aliphatic rings. The Labute approximate surface area is 178 Å². The highest BCUT2D eigenvalue weighted by atomic mass is 79.9. The molecule has 0 bridgehead atoms. The third kappa shape index (κ3) is 2.81. The predicted molar refractivity (Wildman–Crippen MR) is 113 cm³/mol. The zero-order valence-corrected chi connectivity index (χ0v) is 16.9. The van der Waals surface area contributed by atoms with E-state index < -0.39 is 23.2 Å². The molecule has 30 heavy (non-hydrogen) atoms. The second-order valence-electron chi connectivity index (χ2n) is 6.97. The van der Waals surface area contributed by atoms with Gasteiger partial charge in [-0.25, -0.2) is 4.39 Å². The number of fused-ring (bicyclic) bond motifs is 2. The van der Waals surface area contributed by atoms with Crippen molar-refractivity contribution >= 4 is 38.5 Å². The number of hydrogen-bond acceptors (Lipinski definition) is 4. The van der Waals surface area contributed by atoms with Gasteiger partial charge in [-0.3, -0.25) is 14.5 Å². The lowest BCUT2D eigenvalue weighted by Gasteiger charge is -2.25. The zero-order valence-electron chi connectivity index (χ0n) is 15.3. The van der Waals surface area contributed by atoms with Crippen molar-refractivity contribution in [2.75, 3.05) is 4.90 Å². The standard InChI is InChI=1S/C23H13BrFNO4/c24-13-4-2-5-15(10-13)26-20(12-3-1-6-16(27)9-12)19-21(28)17-11-14(25)7-8-18(17)30-22(19)23(26)29/h1-11,20,27H. The summed E-state index contributed by atoms with van der Waals surface area (Å²) in [6.45, 7) is 0. The molecular formula is C23H13BrFNO4. The van der Waals surface area contributed by atoms with E-state index in [1.807, 2.05) is 6.07 Å². The Morgan fingerprint density at radius 3 is 2.57 bits per heavy atom. The van der Waals surface area contributed by atoms with E-state index in [9.17, 15) is 19.1 Å². The van der Waals surface area contributed by atoms with Crippen molar-refractivity contribution in [2.24, 2.45) is 0 Å². The first-order valence-electron chi connectivity index (χ1n) is 9.08. The number of phenolic OH excluding ortho intramolecular Hbond substituents is 1. The third-order valence-corrected chi connectivity index (χ3v) is 5.60. The molecule has 3 aromatic carbocycles. The van der Waals surface area contributed by atoms with Crippen molar-refractivity contribution in [2.45, 2.75) is 6.04 Å². The van der Waals surface area contributed by atoms with E-state index in [4.69, 9.17) is 4.42 Å². The molecule has 1 aromatic heterocycles. The van der Waals surface area contributed by atoms with Gasteiger partial charge in [-0.2, -0.15) is 0 Å². The molecule has 0 saturated carbocycles. The lowest BCUT2D eigenvalue weighted by Crippen LogP contribution is -2.29. The Hall–Kier alpha value is -3.45. The van der Waals surface area contributed by atoms with Crippen molar-refractivity contribution in [3.05, 3.63) is 104 Å². The smallest absolute Gasteiger partial charge is 0.295 e. The first-order valence-corrected chi connectivity index (χ1v) is 9.87. The Balaban J connectivity index is 1.84. The fourth-order valence-corrected chi connectivity index (χ4v) is 4.23. The SMILES string of the molecule is O=C1c2oc3ccc(F)cc3c(=O)c2C(c2cccc(O)c2)N1c1cccc(Br)c1. The maximum Gasteiger partial charge on any atom is 0.295 e. The van der Waals surface area contributed by atoms with Crippen LogP contribution in [0, 0.1) is 5.82 Å². The maximum atomic E-state index is 13.8. The number of amides is 1. The number of hydrogen-bond donors (Lipinski definition) is 1. The summed E-state index contributed by atoms with van der Waals surface area (Å²) in [7, 11) is 0. The minimum atomic E-state index is -0.835. The van der Waals surface area contributed by atoms with Crippen molar-refractivity contribution < 1.29 is 18.7 Å². The summed E-state index contributed by atoms with van der Waals surface area (Å²) in [5.74, 6) is -1.15. The molecule has 1 N–H and O–H groups in total. The van der Waals surface area contributed by atoms with Crippen LogP contribution in [0.1, 0.15) is 27.7 Å². The van der Waals surface area contributed by atoms with E-state index in [-0.39, 0.29) is 28.0 Å². The first-order chi connectivity index (χ1) is 14.4. The summed E-state index contributed by atoms with van der Waals surface area (Å²) in [6, 6.07) is 16.2. The Bertz CT molecular complexity index is 1400. The molecule has 0 saturated heterocycles. The minimum absolute atomic E-state index is 0.00110. The van der Waals surface area contributed by atoms with Gasteiger partial charge in [-0.05, 0) is 54.1 Å². The number of carbonyl (C=O) groups is 1. The summed E-state index contributed by atoms with van der Waals surface area (Å²) >= 11 is 3.41. The van der Waals surface area contributed by atoms with Gasteiger partial charge >= 0.3 is 0 Å². The number of aromatic hydroxyl groups is 1. The van der Waals surface area contributed by atoms with Gasteiger partial charge in [-0.1, -0.05) is 34.1 Å². The molecule has 5 rings (SSSR count). The van der Waals surface area contributed by atoms with Gasteiger partial charge in [0.2, 0.25) is 5.76 Å². The Morgan fingerprint density at radius 2 is 1.80 bits per heavy atom. The van der Waals surface area contributed by atoms with Crippen LogP contribution < -0.4 is 10.3 Å². The van der Waals surface area contributed by atoms with Crippen molar-refractivity contribution in [3.63, 3.8) is 0 Å². The highest BCUT2D eigenvalue weighted by molar-refractivity contribution is 9.10. The molecule has 0 fully saturated rings. The van der Waals surface area contributed by atoms with E-state index in [1.165, 1.54) is 29.2 Å². The molecule has 1 atom stereocenters. The van der Waals surface area contributed by atoms with Gasteiger partial charge in [-0.15, -0.1) is 0 Å². The molecule has 4 aromatic rings. The second-order valence-corrected chi connectivity index (χ2v) is 7.88. The van der Waals surface area contributed by atoms with Gasteiger partial charge in [0.05, 0.1) is 17.0 Å². The summed E-state index contributed by atoms with van der Waals surface area (Å²) in [5, 5.41) is 10.1. The lowest BCUT2D eigenvalue weighted by molar-refractivity contribution is 0.0971. The van der Waals surface area contributed by atoms with Gasteiger partial charge in [0.25, 0.3) is 5.91 Å². The number of rotatable bonds is 2. The molecule has 5 nitrogen and oxygen atoms in total. The number of halogens is 2. The molecular weight excluding hydrogens is 453 g/mol. The van der Waals surface area contributed by atoms with Crippen LogP contribution in [0.4, 0.5) is 10.1 Å². The van der Waals surface area contributed by atoms with Crippen LogP contribution >= 0.6 is 15.9 Å². The van der Waals surface area contributed by atoms with Gasteiger partial charge in [0.1, 0.15) is 17.1 Å². The normalized spacial score (nSPS) is 15.6. The van der Waals surface area contributed by atoms with E-state index in [0.29, 0.717) is 11.3 Å². The monoisotopic (exact) mass is 465 g/mol. The summed E-state index contributed by atoms with van der Waals surface area (Å²) in [6.07, 6.45) is 0. The van der Waals surface area contributed by atoms with Crippen LogP contribution in [0.2, 0.25) is 0 Å². The summed E-state index contributed by atoms with van der Waals surface area (Å²) in [5.41, 5.74) is 0.849. The van der Waals surface area contributed by atoms with Crippen molar-refractivity contribution in [3.8, 4) is 5.75 Å². The van der Waals surface area contributed by atoms with Crippen LogP contribution in [0.15, 0.2) is 80.4 Å². The molecule has 1 aliphatic heterocycles. The molecule has 148 valence electrons. The summed E-state index contributed by atoms with van der Waals surface area (Å²) in [4.78, 5) is 28.2. The topological polar surface area (TPSA) is 70.8 Å². The minimum Gasteiger partial charge on any atom is -0.508 e. The Kier molecular flexibility index (Phi) is 4.22. The van der Waals surface area contributed by atoms with Crippen molar-refractivity contribution in [1.82, 2.24) is 0 Å². The van der Waals surface area contributed by atoms with E-state index in [2.05, 4.69) is 15.9 Å². The molecule has 7 heteroatoms. The molecule has 2 heterocycles. The fraction of sp³-hybridized carbons (Fsp3) is 0.0435. The number of anilines is 1. The van der Waals surface area contributed by atoms with E-state index in [0.717, 1.165) is 10.5 Å².